The third-order valence-electron chi connectivity index (χ3n) is 5.44. The molecular weight excluding hydrogens is 424 g/mol. The van der Waals surface area contributed by atoms with Gasteiger partial charge in [-0.25, -0.2) is 9.78 Å². The molecule has 9 heteroatoms. The number of nitrogens with zero attached hydrogens (tertiary/aromatic N) is 3. The highest BCUT2D eigenvalue weighted by Crippen LogP contribution is 2.35. The second-order valence-corrected chi connectivity index (χ2v) is 7.63. The first-order chi connectivity index (χ1) is 16.2. The van der Waals surface area contributed by atoms with Crippen molar-refractivity contribution in [3.63, 3.8) is 0 Å². The molecule has 0 radical (unpaired) electrons. The fourth-order valence-corrected chi connectivity index (χ4v) is 3.83. The Hall–Kier alpha value is -3.85. The van der Waals surface area contributed by atoms with Gasteiger partial charge in [0, 0.05) is 37.0 Å². The molecule has 0 spiro atoms. The molecule has 1 N–H and O–H groups in total. The molecule has 0 saturated carbocycles. The predicted molar refractivity (Wildman–Crippen MR) is 123 cm³/mol. The molecule has 1 aromatic carbocycles. The Labute approximate surface area is 190 Å². The summed E-state index contributed by atoms with van der Waals surface area (Å²) in [4.78, 5) is 22.8. The molecule has 33 heavy (non-hydrogen) atoms. The summed E-state index contributed by atoms with van der Waals surface area (Å²) in [5, 5.41) is 3.31. The summed E-state index contributed by atoms with van der Waals surface area (Å²) in [6.07, 6.45) is 5.15. The van der Waals surface area contributed by atoms with Gasteiger partial charge in [0.25, 0.3) is 0 Å². The van der Waals surface area contributed by atoms with Gasteiger partial charge in [-0.3, -0.25) is 9.88 Å². The minimum atomic E-state index is -0.364. The van der Waals surface area contributed by atoms with Crippen LogP contribution in [-0.2, 0) is 4.74 Å². The molecule has 9 nitrogen and oxygen atoms in total. The molecule has 2 aromatic heterocycles. The molecule has 1 amide bonds. The van der Waals surface area contributed by atoms with E-state index in [1.165, 1.54) is 0 Å². The maximum atomic E-state index is 12.4. The van der Waals surface area contributed by atoms with Crippen molar-refractivity contribution >= 4 is 28.9 Å². The molecule has 0 bridgehead atoms. The number of ether oxygens (including phenoxy) is 4. The number of benzene rings is 1. The van der Waals surface area contributed by atoms with Crippen molar-refractivity contribution in [2.24, 2.45) is 0 Å². The van der Waals surface area contributed by atoms with Gasteiger partial charge in [0.2, 0.25) is 5.88 Å². The van der Waals surface area contributed by atoms with Crippen molar-refractivity contribution in [1.29, 1.82) is 0 Å². The van der Waals surface area contributed by atoms with Gasteiger partial charge in [-0.15, -0.1) is 0 Å². The van der Waals surface area contributed by atoms with E-state index in [1.807, 2.05) is 42.5 Å². The van der Waals surface area contributed by atoms with E-state index < -0.39 is 0 Å². The van der Waals surface area contributed by atoms with Gasteiger partial charge in [0.05, 0.1) is 30.4 Å². The van der Waals surface area contributed by atoms with E-state index in [0.29, 0.717) is 50.2 Å². The summed E-state index contributed by atoms with van der Waals surface area (Å²) in [6, 6.07) is 11.1. The fourth-order valence-electron chi connectivity index (χ4n) is 3.83. The number of carbonyl (C=O) groups is 1. The number of methoxy groups -OCH3 is 1. The number of anilines is 1. The van der Waals surface area contributed by atoms with Crippen LogP contribution >= 0.6 is 0 Å². The predicted octanol–water partition coefficient (Wildman–Crippen LogP) is 3.04. The average Bonchev–Trinajstić information content (AvgIpc) is 3.23. The first-order valence-corrected chi connectivity index (χ1v) is 10.8. The Balaban J connectivity index is 1.16. The number of pyridine rings is 2. The van der Waals surface area contributed by atoms with Crippen molar-refractivity contribution in [3.8, 4) is 17.4 Å². The van der Waals surface area contributed by atoms with Crippen molar-refractivity contribution < 1.29 is 23.7 Å². The zero-order valence-corrected chi connectivity index (χ0v) is 18.2. The van der Waals surface area contributed by atoms with Crippen LogP contribution in [0, 0.1) is 0 Å². The number of hydrogen-bond acceptors (Lipinski definition) is 8. The van der Waals surface area contributed by atoms with E-state index in [4.69, 9.17) is 18.9 Å². The summed E-state index contributed by atoms with van der Waals surface area (Å²) >= 11 is 0. The van der Waals surface area contributed by atoms with E-state index in [2.05, 4.69) is 15.3 Å². The smallest absolute Gasteiger partial charge is 0.414 e. The van der Waals surface area contributed by atoms with Crippen molar-refractivity contribution in [1.82, 2.24) is 15.3 Å². The summed E-state index contributed by atoms with van der Waals surface area (Å²) in [5.41, 5.74) is 3.29. The van der Waals surface area contributed by atoms with Gasteiger partial charge in [0.15, 0.2) is 11.5 Å². The van der Waals surface area contributed by atoms with E-state index in [9.17, 15) is 4.79 Å². The first kappa shape index (κ1) is 21.0. The van der Waals surface area contributed by atoms with Gasteiger partial charge in [-0.2, -0.15) is 0 Å². The van der Waals surface area contributed by atoms with Gasteiger partial charge >= 0.3 is 6.09 Å². The molecule has 5 rings (SSSR count). The third-order valence-corrected chi connectivity index (χ3v) is 5.44. The van der Waals surface area contributed by atoms with E-state index in [-0.39, 0.29) is 12.2 Å². The summed E-state index contributed by atoms with van der Waals surface area (Å²) in [6.45, 7) is 2.66. The number of carbonyl (C=O) groups excluding carboxylic acids is 1. The van der Waals surface area contributed by atoms with Gasteiger partial charge in [-0.1, -0.05) is 12.2 Å². The molecule has 1 atom stereocenters. The highest BCUT2D eigenvalue weighted by molar-refractivity contribution is 5.90. The number of cyclic esters (lactones) is 1. The number of rotatable bonds is 7. The average molecular weight is 448 g/mol. The highest BCUT2D eigenvalue weighted by Gasteiger charge is 2.32. The lowest BCUT2D eigenvalue weighted by atomic mass is 10.2. The van der Waals surface area contributed by atoms with Crippen LogP contribution in [0.15, 0.2) is 48.7 Å². The number of nitrogens with one attached hydrogen (secondary N) is 1. The normalized spacial score (nSPS) is 17.5. The van der Waals surface area contributed by atoms with Crippen molar-refractivity contribution in [3.05, 3.63) is 54.2 Å². The number of fused-ring (bicyclic) bond motifs is 2. The Morgan fingerprint density at radius 2 is 2.06 bits per heavy atom. The zero-order chi connectivity index (χ0) is 22.6. The van der Waals surface area contributed by atoms with Crippen LogP contribution in [0.5, 0.6) is 17.4 Å². The Kier molecular flexibility index (Phi) is 5.95. The molecular formula is C24H24N4O5. The minimum Gasteiger partial charge on any atom is -0.486 e. The largest absolute Gasteiger partial charge is 0.486 e. The molecule has 1 saturated heterocycles. The third kappa shape index (κ3) is 4.54. The molecule has 0 aliphatic carbocycles. The van der Waals surface area contributed by atoms with Crippen LogP contribution in [0.4, 0.5) is 10.5 Å². The van der Waals surface area contributed by atoms with E-state index >= 15 is 0 Å². The standard InChI is InChI=1S/C24H24N4O5/c1-30-22-7-5-19-23(27-22)16(8-10-26-19)3-2-9-25-14-18-15-28(24(29)33-18)17-4-6-20-21(13-17)32-12-11-31-20/h2-8,10,13,18,25H,9,11-12,14-15H2,1H3/t18-/m1/s1. The molecule has 1 fully saturated rings. The lowest BCUT2D eigenvalue weighted by molar-refractivity contribution is 0.141. The molecule has 170 valence electrons. The Morgan fingerprint density at radius 3 is 2.94 bits per heavy atom. The Morgan fingerprint density at radius 1 is 1.18 bits per heavy atom. The molecule has 3 aromatic rings. The van der Waals surface area contributed by atoms with Crippen LogP contribution < -0.4 is 24.4 Å². The second-order valence-electron chi connectivity index (χ2n) is 7.63. The van der Waals surface area contributed by atoms with Crippen LogP contribution in [0.2, 0.25) is 0 Å². The lowest BCUT2D eigenvalue weighted by Gasteiger charge is -2.21. The van der Waals surface area contributed by atoms with E-state index in [0.717, 1.165) is 22.3 Å². The van der Waals surface area contributed by atoms with Gasteiger partial charge < -0.3 is 24.3 Å². The monoisotopic (exact) mass is 448 g/mol. The molecule has 2 aliphatic heterocycles. The zero-order valence-electron chi connectivity index (χ0n) is 18.2. The summed E-state index contributed by atoms with van der Waals surface area (Å²) < 4.78 is 21.9. The quantitative estimate of drug-likeness (QED) is 0.551. The van der Waals surface area contributed by atoms with Crippen LogP contribution in [0.1, 0.15) is 5.56 Å². The summed E-state index contributed by atoms with van der Waals surface area (Å²) in [5.74, 6) is 1.89. The van der Waals surface area contributed by atoms with Gasteiger partial charge in [-0.05, 0) is 24.3 Å². The Bertz CT molecular complexity index is 1200. The second kappa shape index (κ2) is 9.33. The first-order valence-electron chi connectivity index (χ1n) is 10.8. The van der Waals surface area contributed by atoms with Crippen LogP contribution in [0.3, 0.4) is 0 Å². The number of aromatic nitrogens is 2. The SMILES string of the molecule is COc1ccc2nccc(C=CCNC[C@@H]3CN(c4ccc5c(c4)OCCO5)C(=O)O3)c2n1. The van der Waals surface area contributed by atoms with Crippen molar-refractivity contribution in [2.75, 3.05) is 44.9 Å². The molecule has 2 aliphatic rings. The minimum absolute atomic E-state index is 0.244. The lowest BCUT2D eigenvalue weighted by Crippen LogP contribution is -2.31. The van der Waals surface area contributed by atoms with Crippen LogP contribution in [-0.4, -0.2) is 62.1 Å². The number of amides is 1. The fraction of sp³-hybridized carbons (Fsp3) is 0.292. The van der Waals surface area contributed by atoms with Crippen LogP contribution in [0.25, 0.3) is 17.1 Å². The maximum Gasteiger partial charge on any atom is 0.414 e. The number of hydrogen-bond donors (Lipinski definition) is 1. The maximum absolute atomic E-state index is 12.4. The van der Waals surface area contributed by atoms with Gasteiger partial charge in [0.1, 0.15) is 19.3 Å². The van der Waals surface area contributed by atoms with Crippen molar-refractivity contribution in [2.45, 2.75) is 6.10 Å². The topological polar surface area (TPSA) is 95.0 Å². The highest BCUT2D eigenvalue weighted by atomic mass is 16.6. The molecule has 0 unspecified atom stereocenters. The molecule has 4 heterocycles. The van der Waals surface area contributed by atoms with E-state index in [1.54, 1.807) is 24.3 Å². The summed E-state index contributed by atoms with van der Waals surface area (Å²) in [7, 11) is 1.59.